The molecule has 1 aromatic carbocycles. The first-order valence-corrected chi connectivity index (χ1v) is 13.3. The van der Waals surface area contributed by atoms with Crippen molar-refractivity contribution < 1.29 is 23.1 Å². The lowest BCUT2D eigenvalue weighted by Gasteiger charge is -2.63. The first-order valence-electron chi connectivity index (χ1n) is 13.3. The topological polar surface area (TPSA) is 109 Å². The fourth-order valence-electron chi connectivity index (χ4n) is 7.38. The number of nitrogens with zero attached hydrogens (tertiary/aromatic N) is 5. The van der Waals surface area contributed by atoms with Crippen LogP contribution in [0.25, 0.3) is 0 Å². The minimum Gasteiger partial charge on any atom is -0.382 e. The summed E-state index contributed by atoms with van der Waals surface area (Å²) < 4.78 is 39.5. The Bertz CT molecular complexity index is 1330. The molecular formula is C27H29F3N6O2. The summed E-state index contributed by atoms with van der Waals surface area (Å²) >= 11 is 0. The van der Waals surface area contributed by atoms with Gasteiger partial charge in [0.2, 0.25) is 0 Å². The molecule has 0 unspecified atom stereocenters. The zero-order valence-electron chi connectivity index (χ0n) is 20.9. The molecule has 200 valence electrons. The molecule has 8 nitrogen and oxygen atoms in total. The molecule has 2 aromatic rings. The first-order chi connectivity index (χ1) is 18.0. The first kappa shape index (κ1) is 23.9. The molecule has 3 aliphatic carbocycles. The summed E-state index contributed by atoms with van der Waals surface area (Å²) in [6.07, 6.45) is 1.23. The Hall–Kier alpha value is -3.13. The molecular weight excluding hydrogens is 497 g/mol. The second-order valence-electron chi connectivity index (χ2n) is 12.7. The van der Waals surface area contributed by atoms with Crippen molar-refractivity contribution in [3.63, 3.8) is 0 Å². The molecule has 38 heavy (non-hydrogen) atoms. The van der Waals surface area contributed by atoms with Gasteiger partial charge in [0.05, 0.1) is 17.2 Å². The van der Waals surface area contributed by atoms with Crippen LogP contribution in [0.2, 0.25) is 0 Å². The predicted molar refractivity (Wildman–Crippen MR) is 127 cm³/mol. The molecule has 2 amide bonds. The number of rotatable bonds is 4. The zero-order chi connectivity index (χ0) is 26.5. The number of urea groups is 1. The van der Waals surface area contributed by atoms with Gasteiger partial charge >= 0.3 is 12.2 Å². The fourth-order valence-corrected chi connectivity index (χ4v) is 7.38. The quantitative estimate of drug-likeness (QED) is 0.628. The van der Waals surface area contributed by atoms with Crippen LogP contribution in [0.5, 0.6) is 0 Å². The van der Waals surface area contributed by atoms with Crippen LogP contribution in [0.1, 0.15) is 72.8 Å². The van der Waals surface area contributed by atoms with Crippen LogP contribution in [0.15, 0.2) is 18.2 Å². The predicted octanol–water partition coefficient (Wildman–Crippen LogP) is 3.93. The van der Waals surface area contributed by atoms with Crippen molar-refractivity contribution in [2.75, 3.05) is 26.2 Å². The minimum absolute atomic E-state index is 0.0387. The van der Waals surface area contributed by atoms with E-state index in [4.69, 9.17) is 5.26 Å². The molecule has 7 rings (SSSR count). The molecule has 2 spiro atoms. The average Bonchev–Trinajstić information content (AvgIpc) is 3.32. The van der Waals surface area contributed by atoms with E-state index in [2.05, 4.69) is 15.2 Å². The van der Waals surface area contributed by atoms with Gasteiger partial charge in [0.15, 0.2) is 5.82 Å². The van der Waals surface area contributed by atoms with Crippen molar-refractivity contribution in [1.82, 2.24) is 25.0 Å². The summed E-state index contributed by atoms with van der Waals surface area (Å²) in [6, 6.07) is 5.53. The second kappa shape index (κ2) is 7.72. The Morgan fingerprint density at radius 3 is 2.29 bits per heavy atom. The molecule has 0 bridgehead atoms. The van der Waals surface area contributed by atoms with Gasteiger partial charge in [-0.1, -0.05) is 0 Å². The average molecular weight is 527 g/mol. The van der Waals surface area contributed by atoms with Crippen LogP contribution in [0, 0.1) is 28.1 Å². The van der Waals surface area contributed by atoms with Crippen LogP contribution in [0.4, 0.5) is 18.0 Å². The van der Waals surface area contributed by atoms with E-state index >= 15 is 0 Å². The van der Waals surface area contributed by atoms with Crippen molar-refractivity contribution in [3.8, 4) is 6.07 Å². The van der Waals surface area contributed by atoms with Gasteiger partial charge in [0.25, 0.3) is 0 Å². The Labute approximate surface area is 217 Å². The Morgan fingerprint density at radius 1 is 1.08 bits per heavy atom. The van der Waals surface area contributed by atoms with Crippen LogP contribution < -0.4 is 0 Å². The number of benzene rings is 1. The third-order valence-corrected chi connectivity index (χ3v) is 9.45. The molecule has 1 aromatic heterocycles. The number of carbonyl (C=O) groups excluding carboxylic acids is 1. The number of amides is 2. The lowest BCUT2D eigenvalue weighted by Crippen LogP contribution is -2.70. The fraction of sp³-hybridized carbons (Fsp3) is 0.630. The van der Waals surface area contributed by atoms with E-state index in [0.717, 1.165) is 56.7 Å². The van der Waals surface area contributed by atoms with E-state index in [1.807, 2.05) is 15.9 Å². The van der Waals surface area contributed by atoms with Crippen molar-refractivity contribution >= 4 is 6.03 Å². The summed E-state index contributed by atoms with van der Waals surface area (Å²) in [5, 5.41) is 26.5. The van der Waals surface area contributed by atoms with Crippen molar-refractivity contribution in [2.24, 2.45) is 16.7 Å². The number of alkyl halides is 3. The van der Waals surface area contributed by atoms with Crippen molar-refractivity contribution in [3.05, 3.63) is 46.5 Å². The number of likely N-dealkylation sites (tertiary alicyclic amines) is 2. The van der Waals surface area contributed by atoms with E-state index < -0.39 is 17.3 Å². The molecule has 5 aliphatic rings. The van der Waals surface area contributed by atoms with Crippen LogP contribution in [0.3, 0.4) is 0 Å². The largest absolute Gasteiger partial charge is 0.416 e. The number of nitriles is 1. The third kappa shape index (κ3) is 3.87. The molecule has 0 radical (unpaired) electrons. The lowest BCUT2D eigenvalue weighted by atomic mass is 9.56. The van der Waals surface area contributed by atoms with E-state index in [1.165, 1.54) is 0 Å². The maximum atomic E-state index is 13.2. The summed E-state index contributed by atoms with van der Waals surface area (Å²) in [5.41, 5.74) is -0.742. The highest BCUT2D eigenvalue weighted by molar-refractivity contribution is 5.77. The van der Waals surface area contributed by atoms with Gasteiger partial charge in [-0.05, 0) is 74.6 Å². The number of carbonyl (C=O) groups is 1. The highest BCUT2D eigenvalue weighted by Gasteiger charge is 2.59. The number of nitrogens with one attached hydrogen (secondary N) is 1. The van der Waals surface area contributed by atoms with Crippen LogP contribution in [-0.2, 0) is 18.2 Å². The molecule has 3 heterocycles. The van der Waals surface area contributed by atoms with Gasteiger partial charge in [-0.2, -0.15) is 23.5 Å². The number of halogens is 3. The van der Waals surface area contributed by atoms with Gasteiger partial charge in [-0.3, -0.25) is 5.10 Å². The van der Waals surface area contributed by atoms with Gasteiger partial charge in [0, 0.05) is 42.9 Å². The number of hydrogen-bond donors (Lipinski definition) is 2. The van der Waals surface area contributed by atoms with E-state index in [9.17, 15) is 23.1 Å². The zero-order valence-corrected chi connectivity index (χ0v) is 20.9. The maximum absolute atomic E-state index is 13.2. The van der Waals surface area contributed by atoms with Crippen LogP contribution in [-0.4, -0.2) is 62.3 Å². The van der Waals surface area contributed by atoms with E-state index in [1.54, 1.807) is 6.07 Å². The molecule has 5 fully saturated rings. The van der Waals surface area contributed by atoms with Gasteiger partial charge in [0.1, 0.15) is 11.4 Å². The molecule has 2 aliphatic heterocycles. The Kier molecular flexibility index (Phi) is 4.86. The molecule has 2 N–H and O–H groups in total. The normalized spacial score (nSPS) is 24.8. The lowest BCUT2D eigenvalue weighted by molar-refractivity contribution is -0.137. The SMILES string of the molecule is N#Cc1cc(CC2CC3(C2)CN(C(=O)N2CC4(CC(c5nc(C6(O)CC6)n[nH]5)C4)C2)C3)cc(C(F)(F)F)c1. The summed E-state index contributed by atoms with van der Waals surface area (Å²) in [6.45, 7) is 2.95. The number of hydrogen-bond acceptors (Lipinski definition) is 5. The Balaban J connectivity index is 0.865. The summed E-state index contributed by atoms with van der Waals surface area (Å²) in [7, 11) is 0. The van der Waals surface area contributed by atoms with Gasteiger partial charge < -0.3 is 14.9 Å². The molecule has 11 heteroatoms. The van der Waals surface area contributed by atoms with Gasteiger partial charge in [-0.15, -0.1) is 0 Å². The molecule has 2 saturated heterocycles. The van der Waals surface area contributed by atoms with E-state index in [-0.39, 0.29) is 28.3 Å². The highest BCUT2D eigenvalue weighted by Crippen LogP contribution is 2.57. The third-order valence-electron chi connectivity index (χ3n) is 9.45. The number of aromatic amines is 1. The summed E-state index contributed by atoms with van der Waals surface area (Å²) in [5.74, 6) is 1.93. The number of aliphatic hydroxyl groups is 1. The monoisotopic (exact) mass is 526 g/mol. The molecule has 0 atom stereocenters. The van der Waals surface area contributed by atoms with Gasteiger partial charge in [-0.25, -0.2) is 9.78 Å². The number of aromatic nitrogens is 3. The standard InChI is InChI=1S/C27H29F3N6O2/c28-27(29,30)20-5-16(3-17(6-20)11-31)4-18-7-24(8-18)12-35(13-24)23(37)36-14-25(15-36)9-19(10-25)21-32-22(34-33-21)26(38)1-2-26/h3,5-6,18-19,38H,1-2,4,7-10,12-15H2,(H,32,33,34). The minimum atomic E-state index is -4.47. The molecule has 3 saturated carbocycles. The smallest absolute Gasteiger partial charge is 0.382 e. The Morgan fingerprint density at radius 2 is 1.71 bits per heavy atom. The van der Waals surface area contributed by atoms with Crippen molar-refractivity contribution in [1.29, 1.82) is 5.26 Å². The summed E-state index contributed by atoms with van der Waals surface area (Å²) in [4.78, 5) is 21.3. The maximum Gasteiger partial charge on any atom is 0.416 e. The van der Waals surface area contributed by atoms with Crippen LogP contribution >= 0.6 is 0 Å². The van der Waals surface area contributed by atoms with E-state index in [0.29, 0.717) is 49.7 Å². The van der Waals surface area contributed by atoms with Crippen molar-refractivity contribution in [2.45, 2.75) is 62.6 Å². The number of H-pyrrole nitrogens is 1. The second-order valence-corrected chi connectivity index (χ2v) is 12.7. The highest BCUT2D eigenvalue weighted by atomic mass is 19.4.